The van der Waals surface area contributed by atoms with Gasteiger partial charge in [-0.1, -0.05) is 23.9 Å². The predicted molar refractivity (Wildman–Crippen MR) is 105 cm³/mol. The van der Waals surface area contributed by atoms with Gasteiger partial charge in [0, 0.05) is 12.7 Å². The smallest absolute Gasteiger partial charge is 0.491 e. The van der Waals surface area contributed by atoms with Crippen molar-refractivity contribution in [2.75, 3.05) is 5.75 Å². The molecule has 0 radical (unpaired) electrons. The predicted octanol–water partition coefficient (Wildman–Crippen LogP) is 3.89. The zero-order valence-corrected chi connectivity index (χ0v) is 16.9. The fourth-order valence-electron chi connectivity index (χ4n) is 2.50. The van der Waals surface area contributed by atoms with E-state index in [9.17, 15) is 14.7 Å². The first-order chi connectivity index (χ1) is 11.9. The summed E-state index contributed by atoms with van der Waals surface area (Å²) in [5.41, 5.74) is 0.811. The maximum atomic E-state index is 11.7. The third-order valence-corrected chi connectivity index (χ3v) is 5.63. The van der Waals surface area contributed by atoms with Crippen LogP contribution in [0.4, 0.5) is 0 Å². The molecule has 1 aromatic rings. The van der Waals surface area contributed by atoms with Gasteiger partial charge in [0.1, 0.15) is 5.75 Å². The van der Waals surface area contributed by atoms with Gasteiger partial charge in [0.15, 0.2) is 10.9 Å². The summed E-state index contributed by atoms with van der Waals surface area (Å²) < 4.78 is 12.2. The number of carbonyl (C=O) groups is 2. The molecule has 1 saturated heterocycles. The minimum atomic E-state index is -0.582. The maximum Gasteiger partial charge on any atom is 0.491 e. The standard InChI is InChI=1S/C19H25BO5S/c1-12(21)16-10-14(7-8-17(16)23)9-15(11-26-13(2)22)20-24-18(3,4)19(5,6)25-20/h7-10,23H,11H2,1-6H3. The second kappa shape index (κ2) is 7.58. The van der Waals surface area contributed by atoms with Gasteiger partial charge in [-0.05, 0) is 57.8 Å². The van der Waals surface area contributed by atoms with Crippen LogP contribution >= 0.6 is 11.8 Å². The number of hydrogen-bond acceptors (Lipinski definition) is 6. The van der Waals surface area contributed by atoms with E-state index < -0.39 is 18.3 Å². The molecule has 0 bridgehead atoms. The van der Waals surface area contributed by atoms with Crippen LogP contribution in [0.1, 0.15) is 57.5 Å². The number of Topliss-reactive ketones (excluding diaryl/α,β-unsaturated/α-hetero) is 1. The summed E-state index contributed by atoms with van der Waals surface area (Å²) in [6.45, 7) is 10.8. The second-order valence-corrected chi connectivity index (χ2v) is 8.57. The zero-order chi connectivity index (χ0) is 19.7. The van der Waals surface area contributed by atoms with Crippen LogP contribution in [0.2, 0.25) is 0 Å². The lowest BCUT2D eigenvalue weighted by Crippen LogP contribution is -2.41. The number of aromatic hydroxyl groups is 1. The van der Waals surface area contributed by atoms with E-state index in [2.05, 4.69) is 0 Å². The molecule has 0 unspecified atom stereocenters. The molecule has 1 heterocycles. The Kier molecular flexibility index (Phi) is 6.05. The van der Waals surface area contributed by atoms with Crippen LogP contribution in [0.3, 0.4) is 0 Å². The molecule has 0 aromatic heterocycles. The van der Waals surface area contributed by atoms with Gasteiger partial charge in [-0.3, -0.25) is 9.59 Å². The second-order valence-electron chi connectivity index (χ2n) is 7.42. The van der Waals surface area contributed by atoms with Gasteiger partial charge in [0.05, 0.1) is 16.8 Å². The van der Waals surface area contributed by atoms with Crippen molar-refractivity contribution in [3.63, 3.8) is 0 Å². The van der Waals surface area contributed by atoms with E-state index in [-0.39, 0.29) is 22.2 Å². The molecule has 0 amide bonds. The van der Waals surface area contributed by atoms with E-state index >= 15 is 0 Å². The molecule has 1 aliphatic rings. The van der Waals surface area contributed by atoms with E-state index in [1.54, 1.807) is 12.1 Å². The third kappa shape index (κ3) is 4.58. The van der Waals surface area contributed by atoms with Crippen molar-refractivity contribution >= 4 is 35.9 Å². The Bertz CT molecular complexity index is 738. The van der Waals surface area contributed by atoms with Crippen molar-refractivity contribution in [3.05, 3.63) is 34.8 Å². The molecule has 7 heteroatoms. The van der Waals surface area contributed by atoms with Crippen molar-refractivity contribution in [3.8, 4) is 5.75 Å². The number of carbonyl (C=O) groups excluding carboxylic acids is 2. The molecular weight excluding hydrogens is 351 g/mol. The highest BCUT2D eigenvalue weighted by Crippen LogP contribution is 2.39. The Morgan fingerprint density at radius 3 is 2.23 bits per heavy atom. The van der Waals surface area contributed by atoms with Crippen LogP contribution in [-0.2, 0) is 14.1 Å². The molecule has 1 aliphatic heterocycles. The molecule has 5 nitrogen and oxygen atoms in total. The highest BCUT2D eigenvalue weighted by Gasteiger charge is 2.52. The normalized spacial score (nSPS) is 18.8. The molecule has 0 aliphatic carbocycles. The molecule has 0 spiro atoms. The van der Waals surface area contributed by atoms with E-state index in [4.69, 9.17) is 9.31 Å². The van der Waals surface area contributed by atoms with Gasteiger partial charge < -0.3 is 14.4 Å². The summed E-state index contributed by atoms with van der Waals surface area (Å²) in [5.74, 6) is 0.153. The Balaban J connectivity index is 2.39. The summed E-state index contributed by atoms with van der Waals surface area (Å²) in [7, 11) is -0.582. The molecule has 1 N–H and O–H groups in total. The van der Waals surface area contributed by atoms with Crippen molar-refractivity contribution in [2.24, 2.45) is 0 Å². The first-order valence-corrected chi connectivity index (χ1v) is 9.45. The molecule has 0 atom stereocenters. The van der Waals surface area contributed by atoms with Crippen molar-refractivity contribution in [1.82, 2.24) is 0 Å². The molecule has 1 aromatic carbocycles. The summed E-state index contributed by atoms with van der Waals surface area (Å²) in [6.07, 6.45) is 1.85. The van der Waals surface area contributed by atoms with E-state index in [1.807, 2.05) is 33.8 Å². The lowest BCUT2D eigenvalue weighted by molar-refractivity contribution is -0.109. The van der Waals surface area contributed by atoms with Gasteiger partial charge in [-0.2, -0.15) is 0 Å². The van der Waals surface area contributed by atoms with Gasteiger partial charge in [-0.25, -0.2) is 0 Å². The topological polar surface area (TPSA) is 72.8 Å². The number of ketones is 1. The van der Waals surface area contributed by atoms with Gasteiger partial charge in [-0.15, -0.1) is 0 Å². The maximum absolute atomic E-state index is 11.7. The molecule has 140 valence electrons. The summed E-state index contributed by atoms with van der Waals surface area (Å²) in [6, 6.07) is 4.83. The van der Waals surface area contributed by atoms with Crippen LogP contribution in [0, 0.1) is 0 Å². The SMILES string of the molecule is CC(=O)SCC(=Cc1ccc(O)c(C(C)=O)c1)B1OC(C)(C)C(C)(C)O1. The van der Waals surface area contributed by atoms with Gasteiger partial charge in [0.2, 0.25) is 0 Å². The molecule has 26 heavy (non-hydrogen) atoms. The number of hydrogen-bond donors (Lipinski definition) is 1. The van der Waals surface area contributed by atoms with Crippen molar-refractivity contribution in [1.29, 1.82) is 0 Å². The Morgan fingerprint density at radius 2 is 1.73 bits per heavy atom. The molecular formula is C19H25BO5S. The van der Waals surface area contributed by atoms with Crippen LogP contribution in [0.25, 0.3) is 6.08 Å². The number of phenols is 1. The monoisotopic (exact) mass is 376 g/mol. The van der Waals surface area contributed by atoms with Gasteiger partial charge >= 0.3 is 7.12 Å². The highest BCUT2D eigenvalue weighted by atomic mass is 32.2. The quantitative estimate of drug-likeness (QED) is 0.621. The third-order valence-electron chi connectivity index (χ3n) is 4.75. The summed E-state index contributed by atoms with van der Waals surface area (Å²) in [4.78, 5) is 23.1. The molecule has 1 fully saturated rings. The van der Waals surface area contributed by atoms with Crippen LogP contribution in [-0.4, -0.2) is 40.1 Å². The van der Waals surface area contributed by atoms with Crippen molar-refractivity contribution < 1.29 is 24.0 Å². The highest BCUT2D eigenvalue weighted by molar-refractivity contribution is 8.13. The minimum Gasteiger partial charge on any atom is -0.507 e. The zero-order valence-electron chi connectivity index (χ0n) is 16.1. The van der Waals surface area contributed by atoms with E-state index in [0.29, 0.717) is 5.75 Å². The first kappa shape index (κ1) is 20.7. The van der Waals surface area contributed by atoms with E-state index in [1.165, 1.54) is 31.7 Å². The van der Waals surface area contributed by atoms with E-state index in [0.717, 1.165) is 11.0 Å². The van der Waals surface area contributed by atoms with Crippen LogP contribution in [0.5, 0.6) is 5.75 Å². The Labute approximate surface area is 159 Å². The van der Waals surface area contributed by atoms with Crippen LogP contribution in [0.15, 0.2) is 23.7 Å². The minimum absolute atomic E-state index is 0.00236. The lowest BCUT2D eigenvalue weighted by atomic mass is 9.78. The average molecular weight is 376 g/mol. The number of benzene rings is 1. The number of rotatable bonds is 5. The number of thioether (sulfide) groups is 1. The fourth-order valence-corrected chi connectivity index (χ4v) is 3.09. The Morgan fingerprint density at radius 1 is 1.15 bits per heavy atom. The summed E-state index contributed by atoms with van der Waals surface area (Å²) in [5, 5.41) is 9.83. The van der Waals surface area contributed by atoms with Gasteiger partial charge in [0.25, 0.3) is 0 Å². The van der Waals surface area contributed by atoms with Crippen LogP contribution < -0.4 is 0 Å². The summed E-state index contributed by atoms with van der Waals surface area (Å²) >= 11 is 1.18. The molecule has 2 rings (SSSR count). The largest absolute Gasteiger partial charge is 0.507 e. The number of phenolic OH excluding ortho intramolecular Hbond substituents is 1. The lowest BCUT2D eigenvalue weighted by Gasteiger charge is -2.32. The first-order valence-electron chi connectivity index (χ1n) is 8.46. The fraction of sp³-hybridized carbons (Fsp3) is 0.474. The molecule has 0 saturated carbocycles. The average Bonchev–Trinajstić information content (AvgIpc) is 2.72. The Hall–Kier alpha value is -1.57. The van der Waals surface area contributed by atoms with Crippen molar-refractivity contribution in [2.45, 2.75) is 52.7 Å².